The van der Waals surface area contributed by atoms with E-state index in [4.69, 9.17) is 10.5 Å². The van der Waals surface area contributed by atoms with Crippen LogP contribution in [0.3, 0.4) is 0 Å². The van der Waals surface area contributed by atoms with Crippen LogP contribution in [0.25, 0.3) is 0 Å². The lowest BCUT2D eigenvalue weighted by Crippen LogP contribution is -2.47. The van der Waals surface area contributed by atoms with Gasteiger partial charge in [0.1, 0.15) is 0 Å². The van der Waals surface area contributed by atoms with Gasteiger partial charge in [-0.2, -0.15) is 0 Å². The van der Waals surface area contributed by atoms with E-state index in [0.717, 1.165) is 18.5 Å². The topological polar surface area (TPSA) is 67.6 Å². The molecule has 1 aromatic carbocycles. The van der Waals surface area contributed by atoms with Crippen LogP contribution in [0.1, 0.15) is 50.4 Å². The molecule has 0 aromatic heterocycles. The second-order valence-corrected chi connectivity index (χ2v) is 5.67. The molecule has 21 heavy (non-hydrogen) atoms. The second kappa shape index (κ2) is 6.80. The van der Waals surface area contributed by atoms with Gasteiger partial charge in [0.2, 0.25) is 0 Å². The Bertz CT molecular complexity index is 494. The smallest absolute Gasteiger partial charge is 0.340 e. The third kappa shape index (κ3) is 3.67. The number of carbonyl (C=O) groups excluding carboxylic acids is 1. The summed E-state index contributed by atoms with van der Waals surface area (Å²) in [6.45, 7) is 6.55. The molecule has 3 N–H and O–H groups in total. The first-order chi connectivity index (χ1) is 10.0. The number of hydrazine groups is 1. The molecule has 116 valence electrons. The minimum Gasteiger partial charge on any atom is -0.462 e. The van der Waals surface area contributed by atoms with E-state index in [1.54, 1.807) is 19.1 Å². The van der Waals surface area contributed by atoms with Crippen molar-refractivity contribution in [3.05, 3.63) is 23.8 Å². The molecule has 0 bridgehead atoms. The summed E-state index contributed by atoms with van der Waals surface area (Å²) in [6, 6.07) is 6.17. The molecule has 5 nitrogen and oxygen atoms in total. The lowest BCUT2D eigenvalue weighted by Gasteiger charge is -2.39. The van der Waals surface area contributed by atoms with Gasteiger partial charge in [-0.15, -0.1) is 0 Å². The third-order valence-corrected chi connectivity index (χ3v) is 3.98. The summed E-state index contributed by atoms with van der Waals surface area (Å²) >= 11 is 0. The van der Waals surface area contributed by atoms with Crippen LogP contribution in [0.5, 0.6) is 0 Å². The molecule has 0 amide bonds. The van der Waals surface area contributed by atoms with Crippen LogP contribution >= 0.6 is 0 Å². The number of nitrogens with zero attached hydrogens (tertiary/aromatic N) is 1. The number of anilines is 2. The van der Waals surface area contributed by atoms with Crippen molar-refractivity contribution in [3.63, 3.8) is 0 Å². The van der Waals surface area contributed by atoms with Crippen LogP contribution in [0.4, 0.5) is 11.4 Å². The van der Waals surface area contributed by atoms with Crippen LogP contribution in [0, 0.1) is 0 Å². The van der Waals surface area contributed by atoms with Crippen LogP contribution in [0.15, 0.2) is 18.2 Å². The Morgan fingerprint density at radius 2 is 2.05 bits per heavy atom. The maximum atomic E-state index is 12.1. The highest BCUT2D eigenvalue weighted by atomic mass is 16.5. The van der Waals surface area contributed by atoms with Crippen molar-refractivity contribution < 1.29 is 9.53 Å². The number of hydrogen-bond acceptors (Lipinski definition) is 5. The summed E-state index contributed by atoms with van der Waals surface area (Å²) < 4.78 is 5.11. The zero-order valence-electron chi connectivity index (χ0n) is 13.1. The van der Waals surface area contributed by atoms with E-state index < -0.39 is 0 Å². The van der Waals surface area contributed by atoms with Crippen LogP contribution in [-0.2, 0) is 4.74 Å². The number of carbonyl (C=O) groups is 1. The largest absolute Gasteiger partial charge is 0.462 e. The number of benzene rings is 1. The molecular weight excluding hydrogens is 266 g/mol. The van der Waals surface area contributed by atoms with E-state index in [9.17, 15) is 4.79 Å². The van der Waals surface area contributed by atoms with Crippen molar-refractivity contribution in [3.8, 4) is 0 Å². The van der Waals surface area contributed by atoms with Crippen LogP contribution < -0.4 is 11.2 Å². The summed E-state index contributed by atoms with van der Waals surface area (Å²) in [6.07, 6.45) is 3.55. The Morgan fingerprint density at radius 1 is 1.38 bits per heavy atom. The van der Waals surface area contributed by atoms with Crippen molar-refractivity contribution in [1.29, 1.82) is 0 Å². The normalized spacial score (nSPS) is 22.8. The fourth-order valence-electron chi connectivity index (χ4n) is 2.82. The molecule has 1 heterocycles. The summed E-state index contributed by atoms with van der Waals surface area (Å²) in [5.41, 5.74) is 11.0. The molecule has 0 saturated carbocycles. The van der Waals surface area contributed by atoms with E-state index in [-0.39, 0.29) is 5.97 Å². The third-order valence-electron chi connectivity index (χ3n) is 3.98. The summed E-state index contributed by atoms with van der Waals surface area (Å²) in [4.78, 5) is 12.1. The number of piperidine rings is 1. The number of nitrogens with two attached hydrogens (primary N) is 1. The number of ether oxygens (including phenoxy) is 1. The lowest BCUT2D eigenvalue weighted by molar-refractivity contribution is 0.0526. The molecule has 0 aliphatic carbocycles. The van der Waals surface area contributed by atoms with Crippen molar-refractivity contribution in [1.82, 2.24) is 5.01 Å². The van der Waals surface area contributed by atoms with E-state index in [1.165, 1.54) is 6.42 Å². The predicted octanol–water partition coefficient (Wildman–Crippen LogP) is 3.04. The Balaban J connectivity index is 2.24. The van der Waals surface area contributed by atoms with Gasteiger partial charge in [0.15, 0.2) is 0 Å². The lowest BCUT2D eigenvalue weighted by atomic mass is 10.00. The molecule has 5 heteroatoms. The first-order valence-corrected chi connectivity index (χ1v) is 7.64. The van der Waals surface area contributed by atoms with Crippen LogP contribution in [-0.4, -0.2) is 29.7 Å². The Hall–Kier alpha value is -1.75. The highest BCUT2D eigenvalue weighted by Crippen LogP contribution is 2.26. The number of nitrogens with one attached hydrogen (secondary N) is 1. The minimum atomic E-state index is -0.343. The van der Waals surface area contributed by atoms with E-state index in [2.05, 4.69) is 24.3 Å². The zero-order chi connectivity index (χ0) is 15.4. The van der Waals surface area contributed by atoms with Gasteiger partial charge in [0.25, 0.3) is 0 Å². The molecule has 1 fully saturated rings. The van der Waals surface area contributed by atoms with Gasteiger partial charge in [0.05, 0.1) is 17.9 Å². The monoisotopic (exact) mass is 291 g/mol. The van der Waals surface area contributed by atoms with E-state index in [1.807, 2.05) is 6.07 Å². The second-order valence-electron chi connectivity index (χ2n) is 5.67. The van der Waals surface area contributed by atoms with Gasteiger partial charge in [-0.25, -0.2) is 9.80 Å². The van der Waals surface area contributed by atoms with Gasteiger partial charge in [-0.3, -0.25) is 0 Å². The maximum Gasteiger partial charge on any atom is 0.340 e. The Morgan fingerprint density at radius 3 is 2.67 bits per heavy atom. The van der Waals surface area contributed by atoms with Gasteiger partial charge in [-0.05, 0) is 51.8 Å². The molecule has 0 spiro atoms. The Kier molecular flexibility index (Phi) is 5.07. The van der Waals surface area contributed by atoms with Gasteiger partial charge < -0.3 is 15.9 Å². The van der Waals surface area contributed by atoms with Crippen molar-refractivity contribution in [2.45, 2.75) is 52.1 Å². The molecule has 1 saturated heterocycles. The van der Waals surface area contributed by atoms with Crippen LogP contribution in [0.2, 0.25) is 0 Å². The quantitative estimate of drug-likeness (QED) is 0.659. The molecule has 1 aromatic rings. The molecule has 2 rings (SSSR count). The average molecular weight is 291 g/mol. The van der Waals surface area contributed by atoms with Gasteiger partial charge in [0, 0.05) is 17.8 Å². The molecule has 1 aliphatic heterocycles. The molecule has 2 unspecified atom stereocenters. The van der Waals surface area contributed by atoms with Gasteiger partial charge >= 0.3 is 5.97 Å². The first-order valence-electron chi connectivity index (χ1n) is 7.64. The highest BCUT2D eigenvalue weighted by Gasteiger charge is 2.26. The number of rotatable bonds is 4. The average Bonchev–Trinajstić information content (AvgIpc) is 2.44. The molecular formula is C16H25N3O2. The predicted molar refractivity (Wildman–Crippen MR) is 85.0 cm³/mol. The highest BCUT2D eigenvalue weighted by molar-refractivity contribution is 5.96. The fourth-order valence-corrected chi connectivity index (χ4v) is 2.82. The number of hydrogen-bond donors (Lipinski definition) is 2. The zero-order valence-corrected chi connectivity index (χ0v) is 13.1. The summed E-state index contributed by atoms with van der Waals surface area (Å²) in [5.74, 6) is -0.343. The van der Waals surface area contributed by atoms with Crippen molar-refractivity contribution in [2.75, 3.05) is 17.8 Å². The molecule has 2 atom stereocenters. The minimum absolute atomic E-state index is 0.343. The van der Waals surface area contributed by atoms with E-state index in [0.29, 0.717) is 29.9 Å². The summed E-state index contributed by atoms with van der Waals surface area (Å²) in [7, 11) is 0. The maximum absolute atomic E-state index is 12.1. The Labute approximate surface area is 126 Å². The fraction of sp³-hybridized carbons (Fsp3) is 0.562. The summed E-state index contributed by atoms with van der Waals surface area (Å²) in [5, 5.41) is 2.22. The van der Waals surface area contributed by atoms with Crippen molar-refractivity contribution >= 4 is 17.3 Å². The standard InChI is InChI=1S/C16H25N3O2/c1-4-21-16(20)14-10-13(17)8-9-15(14)18-19-11(2)6-5-7-12(19)3/h8-12,18H,4-7,17H2,1-3H3. The molecule has 0 radical (unpaired) electrons. The van der Waals surface area contributed by atoms with Crippen molar-refractivity contribution in [2.24, 2.45) is 0 Å². The molecule has 1 aliphatic rings. The number of esters is 1. The number of nitrogen functional groups attached to an aromatic ring is 1. The van der Waals surface area contributed by atoms with E-state index >= 15 is 0 Å². The van der Waals surface area contributed by atoms with Gasteiger partial charge in [-0.1, -0.05) is 6.42 Å². The first kappa shape index (κ1) is 15.6. The SMILES string of the molecule is CCOC(=O)c1cc(N)ccc1NN1C(C)CCCC1C.